The summed E-state index contributed by atoms with van der Waals surface area (Å²) < 4.78 is 34.5. The fourth-order valence-corrected chi connectivity index (χ4v) is 6.51. The number of amides is 2. The Hall–Kier alpha value is -5.23. The molecule has 1 N–H and O–H groups in total. The van der Waals surface area contributed by atoms with Gasteiger partial charge < -0.3 is 15.0 Å². The number of nitrogens with one attached hydrogen (secondary N) is 1. The van der Waals surface area contributed by atoms with E-state index in [1.807, 2.05) is 61.5 Å². The van der Waals surface area contributed by atoms with Crippen LogP contribution in [0.25, 0.3) is 0 Å². The summed E-state index contributed by atoms with van der Waals surface area (Å²) in [5, 5.41) is 14.3. The van der Waals surface area contributed by atoms with Crippen LogP contribution in [-0.4, -0.2) is 56.8 Å². The molecule has 4 rings (SSSR count). The van der Waals surface area contributed by atoms with Gasteiger partial charge in [-0.3, -0.25) is 24.0 Å². The Balaban J connectivity index is 1.83. The molecule has 0 unspecified atom stereocenters. The molecule has 4 aromatic carbocycles. The number of nitrogens with zero attached hydrogens (tertiary/aromatic N) is 3. The number of carbonyl (C=O) groups is 2. The number of likely N-dealkylation sites (N-methyl/N-ethyl adjacent to an activating group) is 1. The summed E-state index contributed by atoms with van der Waals surface area (Å²) in [4.78, 5) is 39.8. The van der Waals surface area contributed by atoms with Gasteiger partial charge in [0.1, 0.15) is 18.3 Å². The van der Waals surface area contributed by atoms with E-state index in [1.165, 1.54) is 50.2 Å². The number of methoxy groups -OCH3 is 1. The number of aryl methyl sites for hydroxylation is 2. The maximum atomic E-state index is 14.4. The molecule has 4 aromatic rings. The molecule has 0 aliphatic carbocycles. The van der Waals surface area contributed by atoms with Crippen LogP contribution in [0.2, 0.25) is 0 Å². The second kappa shape index (κ2) is 14.7. The average molecular weight is 645 g/mol. The zero-order chi connectivity index (χ0) is 33.4. The number of hydrogen-bond donors (Lipinski definition) is 1. The van der Waals surface area contributed by atoms with Crippen molar-refractivity contribution in [3.05, 3.63) is 129 Å². The molecule has 2 amide bonds. The molecule has 0 aliphatic rings. The predicted molar refractivity (Wildman–Crippen MR) is 175 cm³/mol. The van der Waals surface area contributed by atoms with Gasteiger partial charge in [0.05, 0.1) is 22.6 Å². The Labute approximate surface area is 268 Å². The lowest BCUT2D eigenvalue weighted by Crippen LogP contribution is -2.53. The van der Waals surface area contributed by atoms with Crippen LogP contribution in [0.15, 0.2) is 102 Å². The third-order valence-electron chi connectivity index (χ3n) is 7.56. The Morgan fingerprint density at radius 2 is 1.59 bits per heavy atom. The van der Waals surface area contributed by atoms with Crippen molar-refractivity contribution in [2.45, 2.75) is 37.8 Å². The number of benzene rings is 4. The van der Waals surface area contributed by atoms with Gasteiger partial charge in [0.15, 0.2) is 0 Å². The van der Waals surface area contributed by atoms with Crippen LogP contribution in [0.1, 0.15) is 22.3 Å². The summed E-state index contributed by atoms with van der Waals surface area (Å²) in [6, 6.07) is 25.4. The standard InChI is InChI=1S/C34H36N4O7S/c1-24-9-8-12-27(19-24)22-36(32(34(40)35-3)20-26-10-6-5-7-11-26)33(39)23-37(28-14-16-29(45-4)17-15-28)46(43,44)30-18-13-25(2)31(21-30)38(41)42/h5-19,21,32H,20,22-23H2,1-4H3,(H,35,40)/t32-/m1/s1. The van der Waals surface area contributed by atoms with Crippen molar-refractivity contribution in [3.8, 4) is 5.75 Å². The minimum Gasteiger partial charge on any atom is -0.497 e. The molecule has 12 heteroatoms. The lowest BCUT2D eigenvalue weighted by molar-refractivity contribution is -0.385. The first kappa shape index (κ1) is 33.7. The van der Waals surface area contributed by atoms with Crippen LogP contribution >= 0.6 is 0 Å². The van der Waals surface area contributed by atoms with Crippen LogP contribution in [0, 0.1) is 24.0 Å². The minimum absolute atomic E-state index is 0.0257. The normalized spacial score (nSPS) is 11.7. The topological polar surface area (TPSA) is 139 Å². The lowest BCUT2D eigenvalue weighted by Gasteiger charge is -2.33. The second-order valence-electron chi connectivity index (χ2n) is 10.7. The first-order chi connectivity index (χ1) is 21.9. The molecule has 0 fully saturated rings. The zero-order valence-corrected chi connectivity index (χ0v) is 26.9. The molecule has 0 aliphatic heterocycles. The van der Waals surface area contributed by atoms with Crippen LogP contribution in [0.3, 0.4) is 0 Å². The molecule has 240 valence electrons. The Morgan fingerprint density at radius 1 is 0.913 bits per heavy atom. The number of sulfonamides is 1. The van der Waals surface area contributed by atoms with E-state index in [0.29, 0.717) is 5.75 Å². The van der Waals surface area contributed by atoms with Gasteiger partial charge in [-0.25, -0.2) is 8.42 Å². The van der Waals surface area contributed by atoms with Crippen LogP contribution in [0.4, 0.5) is 11.4 Å². The summed E-state index contributed by atoms with van der Waals surface area (Å²) in [6.45, 7) is 2.76. The van der Waals surface area contributed by atoms with E-state index in [1.54, 1.807) is 12.1 Å². The van der Waals surface area contributed by atoms with E-state index >= 15 is 0 Å². The zero-order valence-electron chi connectivity index (χ0n) is 26.0. The molecule has 0 aromatic heterocycles. The number of nitro benzene ring substituents is 1. The molecule has 0 heterocycles. The first-order valence-electron chi connectivity index (χ1n) is 14.5. The van der Waals surface area contributed by atoms with Crippen molar-refractivity contribution < 1.29 is 27.7 Å². The third kappa shape index (κ3) is 7.88. The molecule has 1 atom stereocenters. The van der Waals surface area contributed by atoms with E-state index in [-0.39, 0.29) is 34.8 Å². The van der Waals surface area contributed by atoms with Gasteiger partial charge in [-0.15, -0.1) is 0 Å². The smallest absolute Gasteiger partial charge is 0.273 e. The highest BCUT2D eigenvalue weighted by Gasteiger charge is 2.35. The number of ether oxygens (including phenoxy) is 1. The first-order valence-corrected chi connectivity index (χ1v) is 15.9. The van der Waals surface area contributed by atoms with Crippen molar-refractivity contribution in [1.29, 1.82) is 0 Å². The van der Waals surface area contributed by atoms with Crippen LogP contribution < -0.4 is 14.4 Å². The number of nitro groups is 1. The highest BCUT2D eigenvalue weighted by Crippen LogP contribution is 2.30. The fraction of sp³-hybridized carbons (Fsp3) is 0.235. The van der Waals surface area contributed by atoms with Crippen LogP contribution in [0.5, 0.6) is 5.75 Å². The Kier molecular flexibility index (Phi) is 10.8. The molecule has 46 heavy (non-hydrogen) atoms. The molecule has 0 saturated heterocycles. The number of carbonyl (C=O) groups excluding carboxylic acids is 2. The number of rotatable bonds is 13. The van der Waals surface area contributed by atoms with Gasteiger partial charge in [0.25, 0.3) is 15.7 Å². The highest BCUT2D eigenvalue weighted by molar-refractivity contribution is 7.92. The monoisotopic (exact) mass is 644 g/mol. The van der Waals surface area contributed by atoms with Gasteiger partial charge in [0.2, 0.25) is 11.8 Å². The maximum Gasteiger partial charge on any atom is 0.273 e. The number of hydrogen-bond acceptors (Lipinski definition) is 7. The van der Waals surface area contributed by atoms with Gasteiger partial charge in [-0.2, -0.15) is 0 Å². The van der Waals surface area contributed by atoms with Gasteiger partial charge in [-0.1, -0.05) is 66.2 Å². The lowest BCUT2D eigenvalue weighted by atomic mass is 10.0. The molecular weight excluding hydrogens is 608 g/mol. The van der Waals surface area contributed by atoms with Crippen molar-refractivity contribution in [1.82, 2.24) is 10.2 Å². The minimum atomic E-state index is -4.53. The molecule has 0 spiro atoms. The molecule has 11 nitrogen and oxygen atoms in total. The van der Waals surface area contributed by atoms with E-state index in [4.69, 9.17) is 4.74 Å². The number of anilines is 1. The highest BCUT2D eigenvalue weighted by atomic mass is 32.2. The maximum absolute atomic E-state index is 14.4. The largest absolute Gasteiger partial charge is 0.497 e. The molecular formula is C34H36N4O7S. The fourth-order valence-electron chi connectivity index (χ4n) is 5.08. The van der Waals surface area contributed by atoms with Crippen molar-refractivity contribution in [3.63, 3.8) is 0 Å². The quantitative estimate of drug-likeness (QED) is 0.163. The van der Waals surface area contributed by atoms with E-state index in [9.17, 15) is 28.1 Å². The summed E-state index contributed by atoms with van der Waals surface area (Å²) in [6.07, 6.45) is 0.178. The molecule has 0 bridgehead atoms. The molecule has 0 saturated carbocycles. The van der Waals surface area contributed by atoms with Gasteiger partial charge in [0, 0.05) is 31.6 Å². The SMILES string of the molecule is CNC(=O)[C@@H](Cc1ccccc1)N(Cc1cccc(C)c1)C(=O)CN(c1ccc(OC)cc1)S(=O)(=O)c1ccc(C)c([N+](=O)[O-])c1. The van der Waals surface area contributed by atoms with Crippen molar-refractivity contribution in [2.24, 2.45) is 0 Å². The summed E-state index contributed by atoms with van der Waals surface area (Å²) in [5.41, 5.74) is 2.56. The van der Waals surface area contributed by atoms with E-state index in [2.05, 4.69) is 5.32 Å². The second-order valence-corrected chi connectivity index (χ2v) is 12.6. The van der Waals surface area contributed by atoms with Gasteiger partial charge in [-0.05, 0) is 55.3 Å². The van der Waals surface area contributed by atoms with E-state index in [0.717, 1.165) is 27.1 Å². The predicted octanol–water partition coefficient (Wildman–Crippen LogP) is 4.80. The average Bonchev–Trinajstić information content (AvgIpc) is 3.05. The molecule has 0 radical (unpaired) electrons. The third-order valence-corrected chi connectivity index (χ3v) is 9.33. The Bertz CT molecular complexity index is 1810. The van der Waals surface area contributed by atoms with Gasteiger partial charge >= 0.3 is 0 Å². The summed E-state index contributed by atoms with van der Waals surface area (Å²) in [7, 11) is -1.58. The summed E-state index contributed by atoms with van der Waals surface area (Å²) in [5.74, 6) is -0.605. The van der Waals surface area contributed by atoms with Crippen molar-refractivity contribution in [2.75, 3.05) is 25.0 Å². The van der Waals surface area contributed by atoms with Crippen molar-refractivity contribution >= 4 is 33.2 Å². The van der Waals surface area contributed by atoms with E-state index < -0.39 is 39.3 Å². The van der Waals surface area contributed by atoms with Crippen LogP contribution in [-0.2, 0) is 32.6 Å². The summed E-state index contributed by atoms with van der Waals surface area (Å²) >= 11 is 0. The Morgan fingerprint density at radius 3 is 2.20 bits per heavy atom.